The van der Waals surface area contributed by atoms with Gasteiger partial charge in [0.05, 0.1) is 25.0 Å². The van der Waals surface area contributed by atoms with Gasteiger partial charge in [0.15, 0.2) is 0 Å². The van der Waals surface area contributed by atoms with Gasteiger partial charge >= 0.3 is 12.6 Å². The van der Waals surface area contributed by atoms with Gasteiger partial charge in [-0.15, -0.1) is 11.6 Å². The fourth-order valence-corrected chi connectivity index (χ4v) is 1.70. The van der Waals surface area contributed by atoms with Crippen LogP contribution in [0, 0.1) is 11.3 Å². The predicted molar refractivity (Wildman–Crippen MR) is 63.1 cm³/mol. The number of carbonyl (C=O) groups is 1. The van der Waals surface area contributed by atoms with Gasteiger partial charge < -0.3 is 9.47 Å². The summed E-state index contributed by atoms with van der Waals surface area (Å²) >= 11 is 5.60. The van der Waals surface area contributed by atoms with E-state index in [9.17, 15) is 13.6 Å². The Morgan fingerprint density at radius 2 is 2.11 bits per heavy atom. The molecule has 0 N–H and O–H groups in total. The second-order valence-corrected chi connectivity index (χ2v) is 3.73. The van der Waals surface area contributed by atoms with E-state index >= 15 is 0 Å². The van der Waals surface area contributed by atoms with Crippen LogP contribution in [0.4, 0.5) is 8.78 Å². The molecule has 0 saturated carbocycles. The third kappa shape index (κ3) is 3.80. The van der Waals surface area contributed by atoms with E-state index in [1.165, 1.54) is 19.2 Å². The molecule has 1 rings (SSSR count). The van der Waals surface area contributed by atoms with E-state index in [4.69, 9.17) is 16.9 Å². The third-order valence-electron chi connectivity index (χ3n) is 2.35. The molecule has 0 aliphatic carbocycles. The molecule has 0 spiro atoms. The lowest BCUT2D eigenvalue weighted by Crippen LogP contribution is -2.10. The van der Waals surface area contributed by atoms with Crippen molar-refractivity contribution < 1.29 is 23.0 Å². The largest absolute Gasteiger partial charge is 0.469 e. The molecule has 0 aromatic heterocycles. The summed E-state index contributed by atoms with van der Waals surface area (Å²) in [6, 6.07) is 4.65. The number of benzene rings is 1. The number of carbonyl (C=O) groups excluding carboxylic acids is 1. The number of nitrogens with zero attached hydrogens (tertiary/aromatic N) is 1. The number of methoxy groups -OCH3 is 1. The van der Waals surface area contributed by atoms with Crippen LogP contribution in [0.3, 0.4) is 0 Å². The molecule has 0 aliphatic rings. The van der Waals surface area contributed by atoms with Gasteiger partial charge in [0, 0.05) is 5.56 Å². The van der Waals surface area contributed by atoms with Crippen molar-refractivity contribution in [1.82, 2.24) is 0 Å². The summed E-state index contributed by atoms with van der Waals surface area (Å²) in [5.41, 5.74) is 0.370. The first-order valence-corrected chi connectivity index (χ1v) is 5.69. The molecule has 0 unspecified atom stereocenters. The average molecular weight is 290 g/mol. The lowest BCUT2D eigenvalue weighted by Gasteiger charge is -2.13. The molecule has 0 bridgehead atoms. The lowest BCUT2D eigenvalue weighted by molar-refractivity contribution is -0.139. The van der Waals surface area contributed by atoms with Crippen LogP contribution in [0.25, 0.3) is 0 Å². The van der Waals surface area contributed by atoms with Crippen molar-refractivity contribution >= 4 is 17.6 Å². The molecular formula is C12H10ClF2NO3. The molecule has 0 heterocycles. The number of hydrogen-bond donors (Lipinski definition) is 0. The molecule has 0 atom stereocenters. The molecule has 0 saturated heterocycles. The molecule has 0 amide bonds. The Kier molecular flexibility index (Phi) is 5.52. The summed E-state index contributed by atoms with van der Waals surface area (Å²) in [5.74, 6) is -0.970. The molecule has 0 radical (unpaired) electrons. The van der Waals surface area contributed by atoms with Gasteiger partial charge in [0.1, 0.15) is 11.8 Å². The maximum atomic E-state index is 12.3. The maximum absolute atomic E-state index is 12.3. The topological polar surface area (TPSA) is 59.3 Å². The fraction of sp³-hybridized carbons (Fsp3) is 0.333. The number of ether oxygens (including phenoxy) is 2. The molecule has 4 nitrogen and oxygen atoms in total. The number of nitriles is 1. The first-order valence-electron chi connectivity index (χ1n) is 5.15. The van der Waals surface area contributed by atoms with Gasteiger partial charge in [-0.1, -0.05) is 12.1 Å². The van der Waals surface area contributed by atoms with Crippen molar-refractivity contribution in [2.45, 2.75) is 18.9 Å². The van der Waals surface area contributed by atoms with E-state index in [0.29, 0.717) is 0 Å². The molecule has 19 heavy (non-hydrogen) atoms. The highest BCUT2D eigenvalue weighted by molar-refractivity contribution is 6.17. The van der Waals surface area contributed by atoms with Gasteiger partial charge in [-0.2, -0.15) is 14.0 Å². The standard InChI is InChI=1S/C12H10ClF2NO3/c1-18-10(17)4-7-2-3-8(5-13)11(9(7)6-16)19-12(14)15/h2-3,12H,4-5H2,1H3. The summed E-state index contributed by atoms with van der Waals surface area (Å²) in [5, 5.41) is 9.05. The first-order chi connectivity index (χ1) is 9.03. The Hall–Kier alpha value is -1.87. The van der Waals surface area contributed by atoms with Crippen molar-refractivity contribution in [3.8, 4) is 11.8 Å². The van der Waals surface area contributed by atoms with E-state index < -0.39 is 12.6 Å². The van der Waals surface area contributed by atoms with Crippen LogP contribution >= 0.6 is 11.6 Å². The van der Waals surface area contributed by atoms with Crippen LogP contribution in [0.5, 0.6) is 5.75 Å². The van der Waals surface area contributed by atoms with E-state index in [2.05, 4.69) is 9.47 Å². The minimum Gasteiger partial charge on any atom is -0.469 e. The predicted octanol–water partition coefficient (Wildman–Crippen LogP) is 2.61. The zero-order valence-corrected chi connectivity index (χ0v) is 10.7. The summed E-state index contributed by atoms with van der Waals surface area (Å²) in [4.78, 5) is 11.2. The molecular weight excluding hydrogens is 280 g/mol. The van der Waals surface area contributed by atoms with Crippen LogP contribution in [0.15, 0.2) is 12.1 Å². The molecule has 1 aromatic carbocycles. The monoisotopic (exact) mass is 289 g/mol. The zero-order chi connectivity index (χ0) is 14.4. The second-order valence-electron chi connectivity index (χ2n) is 3.46. The molecule has 1 aromatic rings. The average Bonchev–Trinajstić information content (AvgIpc) is 2.38. The van der Waals surface area contributed by atoms with Gasteiger partial charge in [-0.05, 0) is 5.56 Å². The lowest BCUT2D eigenvalue weighted by atomic mass is 10.0. The Bertz CT molecular complexity index is 514. The van der Waals surface area contributed by atoms with Crippen LogP contribution in [-0.4, -0.2) is 19.7 Å². The van der Waals surface area contributed by atoms with Gasteiger partial charge in [-0.25, -0.2) is 0 Å². The van der Waals surface area contributed by atoms with Gasteiger partial charge in [-0.3, -0.25) is 4.79 Å². The number of halogens is 3. The fourth-order valence-electron chi connectivity index (χ4n) is 1.49. The first kappa shape index (κ1) is 15.2. The molecule has 102 valence electrons. The zero-order valence-electron chi connectivity index (χ0n) is 9.95. The van der Waals surface area contributed by atoms with Crippen LogP contribution in [0.1, 0.15) is 16.7 Å². The summed E-state index contributed by atoms with van der Waals surface area (Å²) in [7, 11) is 1.19. The normalized spacial score (nSPS) is 10.1. The Balaban J connectivity index is 3.28. The molecule has 0 fully saturated rings. The van der Waals surface area contributed by atoms with Crippen LogP contribution < -0.4 is 4.74 Å². The van der Waals surface area contributed by atoms with Crippen molar-refractivity contribution in [2.75, 3.05) is 7.11 Å². The minimum absolute atomic E-state index is 0.0881. The van der Waals surface area contributed by atoms with Crippen LogP contribution in [0.2, 0.25) is 0 Å². The quantitative estimate of drug-likeness (QED) is 0.617. The summed E-state index contributed by atoms with van der Waals surface area (Å²) in [6.45, 7) is -3.08. The Morgan fingerprint density at radius 1 is 1.47 bits per heavy atom. The van der Waals surface area contributed by atoms with Gasteiger partial charge in [0.2, 0.25) is 0 Å². The number of esters is 1. The minimum atomic E-state index is -3.08. The Labute approximate surface area is 113 Å². The smallest absolute Gasteiger partial charge is 0.387 e. The molecule has 7 heteroatoms. The van der Waals surface area contributed by atoms with E-state index in [1.54, 1.807) is 6.07 Å². The SMILES string of the molecule is COC(=O)Cc1ccc(CCl)c(OC(F)F)c1C#N. The van der Waals surface area contributed by atoms with Crippen molar-refractivity contribution in [3.63, 3.8) is 0 Å². The van der Waals surface area contributed by atoms with E-state index in [1.807, 2.05) is 0 Å². The third-order valence-corrected chi connectivity index (χ3v) is 2.64. The highest BCUT2D eigenvalue weighted by Gasteiger charge is 2.19. The second kappa shape index (κ2) is 6.90. The highest BCUT2D eigenvalue weighted by Crippen LogP contribution is 2.30. The van der Waals surface area contributed by atoms with Crippen molar-refractivity contribution in [3.05, 3.63) is 28.8 Å². The number of rotatable bonds is 5. The van der Waals surface area contributed by atoms with E-state index in [0.717, 1.165) is 0 Å². The van der Waals surface area contributed by atoms with Crippen LogP contribution in [-0.2, 0) is 21.8 Å². The maximum Gasteiger partial charge on any atom is 0.387 e. The van der Waals surface area contributed by atoms with Crippen molar-refractivity contribution in [2.24, 2.45) is 0 Å². The van der Waals surface area contributed by atoms with E-state index in [-0.39, 0.29) is 34.7 Å². The summed E-state index contributed by atoms with van der Waals surface area (Å²) in [6.07, 6.45) is -0.207. The number of hydrogen-bond acceptors (Lipinski definition) is 4. The molecule has 0 aliphatic heterocycles. The highest BCUT2D eigenvalue weighted by atomic mass is 35.5. The number of alkyl halides is 3. The van der Waals surface area contributed by atoms with Gasteiger partial charge in [0.25, 0.3) is 0 Å². The van der Waals surface area contributed by atoms with Crippen molar-refractivity contribution in [1.29, 1.82) is 5.26 Å². The Morgan fingerprint density at radius 3 is 2.58 bits per heavy atom. The summed E-state index contributed by atoms with van der Waals surface area (Å²) < 4.78 is 33.5.